The third kappa shape index (κ3) is 4.31. The summed E-state index contributed by atoms with van der Waals surface area (Å²) in [7, 11) is 1.81. The summed E-state index contributed by atoms with van der Waals surface area (Å²) in [6.45, 7) is 2.70. The maximum Gasteiger partial charge on any atom is 0.191 e. The molecule has 1 unspecified atom stereocenters. The fourth-order valence-corrected chi connectivity index (χ4v) is 3.39. The highest BCUT2D eigenvalue weighted by Crippen LogP contribution is 2.19. The number of anilines is 1. The van der Waals surface area contributed by atoms with Gasteiger partial charge in [0.05, 0.1) is 0 Å². The van der Waals surface area contributed by atoms with Gasteiger partial charge in [0, 0.05) is 57.0 Å². The van der Waals surface area contributed by atoms with E-state index in [1.54, 1.807) is 19.6 Å². The van der Waals surface area contributed by atoms with Crippen molar-refractivity contribution in [3.8, 4) is 5.82 Å². The summed E-state index contributed by atoms with van der Waals surface area (Å²) in [5, 5.41) is 6.92. The highest BCUT2D eigenvalue weighted by Gasteiger charge is 2.23. The number of hydrogen-bond acceptors (Lipinski definition) is 4. The van der Waals surface area contributed by atoms with Gasteiger partial charge in [0.1, 0.15) is 12.1 Å². The van der Waals surface area contributed by atoms with Gasteiger partial charge in [-0.05, 0) is 30.2 Å². The molecule has 1 fully saturated rings. The van der Waals surface area contributed by atoms with Crippen LogP contribution in [0.15, 0.2) is 72.4 Å². The molecule has 1 aliphatic rings. The number of aromatic nitrogens is 3. The van der Waals surface area contributed by atoms with Gasteiger partial charge in [0.15, 0.2) is 5.96 Å². The summed E-state index contributed by atoms with van der Waals surface area (Å²) in [4.78, 5) is 15.3. The summed E-state index contributed by atoms with van der Waals surface area (Å²) in [5.74, 6) is 1.68. The zero-order chi connectivity index (χ0) is 19.2. The number of pyridine rings is 1. The van der Waals surface area contributed by atoms with Crippen molar-refractivity contribution in [2.45, 2.75) is 19.0 Å². The third-order valence-corrected chi connectivity index (χ3v) is 4.91. The van der Waals surface area contributed by atoms with Gasteiger partial charge >= 0.3 is 0 Å². The van der Waals surface area contributed by atoms with E-state index in [-0.39, 0.29) is 0 Å². The van der Waals surface area contributed by atoms with E-state index >= 15 is 0 Å². The topological polar surface area (TPSA) is 70.4 Å². The van der Waals surface area contributed by atoms with Gasteiger partial charge in [0.25, 0.3) is 0 Å². The van der Waals surface area contributed by atoms with E-state index in [4.69, 9.17) is 0 Å². The summed E-state index contributed by atoms with van der Waals surface area (Å²) in [5.41, 5.74) is 2.38. The Morgan fingerprint density at radius 1 is 1.21 bits per heavy atom. The Hall–Kier alpha value is -3.35. The van der Waals surface area contributed by atoms with Crippen molar-refractivity contribution in [2.24, 2.45) is 4.99 Å². The highest BCUT2D eigenvalue weighted by molar-refractivity contribution is 5.80. The van der Waals surface area contributed by atoms with Gasteiger partial charge in [-0.3, -0.25) is 9.56 Å². The molecule has 2 N–H and O–H groups in total. The van der Waals surface area contributed by atoms with Gasteiger partial charge < -0.3 is 15.5 Å². The van der Waals surface area contributed by atoms with Gasteiger partial charge in [0.2, 0.25) is 0 Å². The maximum atomic E-state index is 4.49. The molecule has 3 heterocycles. The molecule has 4 rings (SSSR count). The molecule has 1 aliphatic heterocycles. The van der Waals surface area contributed by atoms with Crippen molar-refractivity contribution in [1.29, 1.82) is 0 Å². The average Bonchev–Trinajstić information content (AvgIpc) is 3.44. The largest absolute Gasteiger partial charge is 0.369 e. The van der Waals surface area contributed by atoms with Crippen LogP contribution in [-0.4, -0.2) is 46.7 Å². The molecule has 0 radical (unpaired) electrons. The number of benzene rings is 1. The summed E-state index contributed by atoms with van der Waals surface area (Å²) in [6.07, 6.45) is 8.34. The summed E-state index contributed by atoms with van der Waals surface area (Å²) >= 11 is 0. The van der Waals surface area contributed by atoms with Crippen molar-refractivity contribution < 1.29 is 0 Å². The van der Waals surface area contributed by atoms with Crippen LogP contribution >= 0.6 is 0 Å². The number of imidazole rings is 1. The lowest BCUT2D eigenvalue weighted by Crippen LogP contribution is -2.44. The first kappa shape index (κ1) is 18.0. The molecule has 1 saturated heterocycles. The SMILES string of the molecule is CN=C(NCc1ccc(-n2ccnc2)nc1)NC1CCN(c2ccccc2)C1. The van der Waals surface area contributed by atoms with Gasteiger partial charge in [-0.15, -0.1) is 0 Å². The van der Waals surface area contributed by atoms with Crippen molar-refractivity contribution in [3.63, 3.8) is 0 Å². The molecule has 7 heteroatoms. The minimum Gasteiger partial charge on any atom is -0.369 e. The van der Waals surface area contributed by atoms with Crippen LogP contribution in [0.25, 0.3) is 5.82 Å². The molecule has 144 valence electrons. The summed E-state index contributed by atoms with van der Waals surface area (Å²) < 4.78 is 1.89. The number of para-hydroxylation sites is 1. The maximum absolute atomic E-state index is 4.49. The fraction of sp³-hybridized carbons (Fsp3) is 0.286. The number of rotatable bonds is 5. The van der Waals surface area contributed by atoms with Crippen molar-refractivity contribution >= 4 is 11.6 Å². The molecule has 2 aromatic heterocycles. The van der Waals surface area contributed by atoms with Crippen LogP contribution in [0.2, 0.25) is 0 Å². The van der Waals surface area contributed by atoms with Crippen LogP contribution in [0, 0.1) is 0 Å². The number of aliphatic imine (C=N–C) groups is 1. The predicted molar refractivity (Wildman–Crippen MR) is 112 cm³/mol. The van der Waals surface area contributed by atoms with E-state index in [0.29, 0.717) is 12.6 Å². The van der Waals surface area contributed by atoms with Gasteiger partial charge in [-0.1, -0.05) is 24.3 Å². The van der Waals surface area contributed by atoms with E-state index in [1.165, 1.54) is 5.69 Å². The van der Waals surface area contributed by atoms with Crippen LogP contribution in [0.3, 0.4) is 0 Å². The lowest BCUT2D eigenvalue weighted by atomic mass is 10.2. The Bertz CT molecular complexity index is 888. The molecule has 0 saturated carbocycles. The van der Waals surface area contributed by atoms with Crippen molar-refractivity contribution in [1.82, 2.24) is 25.2 Å². The molecule has 0 spiro atoms. The van der Waals surface area contributed by atoms with Crippen LogP contribution in [0.4, 0.5) is 5.69 Å². The molecule has 3 aromatic rings. The minimum atomic E-state index is 0.383. The Labute approximate surface area is 165 Å². The molecule has 0 bridgehead atoms. The summed E-state index contributed by atoms with van der Waals surface area (Å²) in [6, 6.07) is 15.0. The van der Waals surface area contributed by atoms with E-state index in [9.17, 15) is 0 Å². The van der Waals surface area contributed by atoms with E-state index < -0.39 is 0 Å². The zero-order valence-corrected chi connectivity index (χ0v) is 16.0. The van der Waals surface area contributed by atoms with Gasteiger partial charge in [-0.2, -0.15) is 0 Å². The highest BCUT2D eigenvalue weighted by atomic mass is 15.2. The lowest BCUT2D eigenvalue weighted by Gasteiger charge is -2.20. The van der Waals surface area contributed by atoms with Crippen LogP contribution in [0.5, 0.6) is 0 Å². The van der Waals surface area contributed by atoms with Crippen LogP contribution in [-0.2, 0) is 6.54 Å². The predicted octanol–water partition coefficient (Wildman–Crippen LogP) is 2.21. The van der Waals surface area contributed by atoms with Crippen molar-refractivity contribution in [3.05, 3.63) is 72.9 Å². The van der Waals surface area contributed by atoms with Crippen molar-refractivity contribution in [2.75, 3.05) is 25.0 Å². The Morgan fingerprint density at radius 3 is 2.82 bits per heavy atom. The standard InChI is InChI=1S/C21H25N7/c1-22-21(26-18-9-11-27(15-18)19-5-3-2-4-6-19)25-14-17-7-8-20(24-13-17)28-12-10-23-16-28/h2-8,10,12-13,16,18H,9,11,14-15H2,1H3,(H2,22,25,26). The fourth-order valence-electron chi connectivity index (χ4n) is 3.39. The lowest BCUT2D eigenvalue weighted by molar-refractivity contribution is 0.648. The molecule has 1 aromatic carbocycles. The number of hydrogen-bond donors (Lipinski definition) is 2. The average molecular weight is 375 g/mol. The minimum absolute atomic E-state index is 0.383. The Kier molecular flexibility index (Phi) is 5.51. The second-order valence-corrected chi connectivity index (χ2v) is 6.83. The Balaban J connectivity index is 1.28. The molecular formula is C21H25N7. The molecule has 0 amide bonds. The molecular weight excluding hydrogens is 350 g/mol. The molecule has 28 heavy (non-hydrogen) atoms. The van der Waals surface area contributed by atoms with E-state index in [0.717, 1.165) is 36.9 Å². The molecule has 0 aliphatic carbocycles. The number of nitrogens with zero attached hydrogens (tertiary/aromatic N) is 5. The smallest absolute Gasteiger partial charge is 0.191 e. The molecule has 7 nitrogen and oxygen atoms in total. The van der Waals surface area contributed by atoms with E-state index in [1.807, 2.05) is 23.0 Å². The second-order valence-electron chi connectivity index (χ2n) is 6.83. The number of nitrogens with one attached hydrogen (secondary N) is 2. The molecule has 1 atom stereocenters. The first-order valence-electron chi connectivity index (χ1n) is 9.52. The second kappa shape index (κ2) is 8.56. The first-order valence-corrected chi connectivity index (χ1v) is 9.52. The van der Waals surface area contributed by atoms with Crippen LogP contribution in [0.1, 0.15) is 12.0 Å². The Morgan fingerprint density at radius 2 is 2.11 bits per heavy atom. The number of guanidine groups is 1. The normalized spacial score (nSPS) is 17.0. The quantitative estimate of drug-likeness (QED) is 0.529. The van der Waals surface area contributed by atoms with Crippen LogP contribution < -0.4 is 15.5 Å². The monoisotopic (exact) mass is 375 g/mol. The first-order chi connectivity index (χ1) is 13.8. The van der Waals surface area contributed by atoms with Gasteiger partial charge in [-0.25, -0.2) is 9.97 Å². The van der Waals surface area contributed by atoms with E-state index in [2.05, 4.69) is 66.9 Å². The zero-order valence-electron chi connectivity index (χ0n) is 16.0. The third-order valence-electron chi connectivity index (χ3n) is 4.91.